The predicted octanol–water partition coefficient (Wildman–Crippen LogP) is 6.10. The molecule has 0 bridgehead atoms. The van der Waals surface area contributed by atoms with E-state index < -0.39 is 0 Å². The number of hydrogen-bond donors (Lipinski definition) is 0. The van der Waals surface area contributed by atoms with E-state index in [0.29, 0.717) is 5.92 Å². The molecule has 1 heteroatoms. The molecular weight excluding hydrogens is 288 g/mol. The molecule has 2 aromatic carbocycles. The maximum absolute atomic E-state index is 6.22. The first-order valence-electron chi connectivity index (χ1n) is 8.10. The Morgan fingerprint density at radius 2 is 1.64 bits per heavy atom. The molecule has 0 N–H and O–H groups in total. The van der Waals surface area contributed by atoms with E-state index in [2.05, 4.69) is 55.2 Å². The fourth-order valence-corrected chi connectivity index (χ4v) is 3.36. The minimum absolute atomic E-state index is 0.620. The van der Waals surface area contributed by atoms with Crippen LogP contribution in [0.5, 0.6) is 0 Å². The fraction of sp³-hybridized carbons (Fsp3) is 0.333. The molecule has 0 aromatic heterocycles. The smallest absolute Gasteiger partial charge is 0.0409 e. The minimum Gasteiger partial charge on any atom is -0.0843 e. The third-order valence-corrected chi connectivity index (χ3v) is 4.69. The van der Waals surface area contributed by atoms with Gasteiger partial charge in [0, 0.05) is 16.1 Å². The molecular formula is C21H21Cl. The molecule has 1 saturated carbocycles. The molecule has 112 valence electrons. The van der Waals surface area contributed by atoms with Gasteiger partial charge in [-0.25, -0.2) is 0 Å². The lowest BCUT2D eigenvalue weighted by Crippen LogP contribution is -2.06. The predicted molar refractivity (Wildman–Crippen MR) is 94.4 cm³/mol. The number of aryl methyl sites for hydroxylation is 1. The molecule has 0 nitrogen and oxygen atoms in total. The highest BCUT2D eigenvalue weighted by Gasteiger charge is 2.18. The van der Waals surface area contributed by atoms with Gasteiger partial charge in [0.1, 0.15) is 0 Å². The topological polar surface area (TPSA) is 0 Å². The van der Waals surface area contributed by atoms with Crippen molar-refractivity contribution in [2.24, 2.45) is 0 Å². The largest absolute Gasteiger partial charge is 0.0843 e. The van der Waals surface area contributed by atoms with E-state index in [1.807, 2.05) is 6.07 Å². The van der Waals surface area contributed by atoms with Crippen LogP contribution in [0.4, 0.5) is 0 Å². The highest BCUT2D eigenvalue weighted by Crippen LogP contribution is 2.35. The maximum atomic E-state index is 6.22. The summed E-state index contributed by atoms with van der Waals surface area (Å²) in [5.41, 5.74) is 4.80. The highest BCUT2D eigenvalue weighted by atomic mass is 35.5. The summed E-state index contributed by atoms with van der Waals surface area (Å²) in [5, 5.41) is 0.821. The molecule has 1 aliphatic carbocycles. The van der Waals surface area contributed by atoms with Crippen LogP contribution in [-0.4, -0.2) is 0 Å². The Morgan fingerprint density at radius 1 is 0.909 bits per heavy atom. The zero-order valence-corrected chi connectivity index (χ0v) is 13.8. The van der Waals surface area contributed by atoms with E-state index in [0.717, 1.165) is 16.1 Å². The zero-order valence-electron chi connectivity index (χ0n) is 13.0. The SMILES string of the molecule is Cc1ccc(C#Cc2ccc(Cl)cc2C2CCCCC2)cc1. The Balaban J connectivity index is 1.91. The van der Waals surface area contributed by atoms with Gasteiger partial charge in [0.05, 0.1) is 0 Å². The standard InChI is InChI=1S/C21H21Cl/c1-16-7-9-17(10-8-16)11-12-19-13-14-20(22)15-21(19)18-5-3-2-4-6-18/h7-10,13-15,18H,2-6H2,1H3. The van der Waals surface area contributed by atoms with Gasteiger partial charge >= 0.3 is 0 Å². The molecule has 0 saturated heterocycles. The van der Waals surface area contributed by atoms with E-state index in [-0.39, 0.29) is 0 Å². The first-order valence-corrected chi connectivity index (χ1v) is 8.48. The van der Waals surface area contributed by atoms with Crippen LogP contribution in [0, 0.1) is 18.8 Å². The molecule has 22 heavy (non-hydrogen) atoms. The Hall–Kier alpha value is -1.71. The summed E-state index contributed by atoms with van der Waals surface area (Å²) in [5.74, 6) is 7.28. The van der Waals surface area contributed by atoms with Crippen LogP contribution in [0.1, 0.15) is 60.3 Å². The number of benzene rings is 2. The van der Waals surface area contributed by atoms with Crippen LogP contribution in [-0.2, 0) is 0 Å². The van der Waals surface area contributed by atoms with Crippen molar-refractivity contribution in [2.45, 2.75) is 44.9 Å². The Labute approximate surface area is 138 Å². The van der Waals surface area contributed by atoms with Gasteiger partial charge in [-0.05, 0) is 61.6 Å². The lowest BCUT2D eigenvalue weighted by atomic mass is 9.82. The Bertz CT molecular complexity index is 695. The molecule has 0 atom stereocenters. The second kappa shape index (κ2) is 7.03. The minimum atomic E-state index is 0.620. The summed E-state index contributed by atoms with van der Waals surface area (Å²) >= 11 is 6.22. The highest BCUT2D eigenvalue weighted by molar-refractivity contribution is 6.30. The van der Waals surface area contributed by atoms with Gasteiger partial charge in [-0.1, -0.05) is 60.4 Å². The first kappa shape index (κ1) is 15.2. The van der Waals surface area contributed by atoms with Gasteiger partial charge in [-0.2, -0.15) is 0 Å². The molecule has 0 radical (unpaired) electrons. The Morgan fingerprint density at radius 3 is 2.36 bits per heavy atom. The second-order valence-corrected chi connectivity index (χ2v) is 6.62. The van der Waals surface area contributed by atoms with Gasteiger partial charge in [0.15, 0.2) is 0 Å². The van der Waals surface area contributed by atoms with E-state index >= 15 is 0 Å². The van der Waals surface area contributed by atoms with Crippen molar-refractivity contribution in [1.29, 1.82) is 0 Å². The monoisotopic (exact) mass is 308 g/mol. The van der Waals surface area contributed by atoms with Gasteiger partial charge < -0.3 is 0 Å². The molecule has 1 aliphatic rings. The van der Waals surface area contributed by atoms with Crippen LogP contribution in [0.3, 0.4) is 0 Å². The lowest BCUT2D eigenvalue weighted by Gasteiger charge is -2.23. The molecule has 0 aliphatic heterocycles. The van der Waals surface area contributed by atoms with Gasteiger partial charge in [0.2, 0.25) is 0 Å². The van der Waals surface area contributed by atoms with Crippen molar-refractivity contribution >= 4 is 11.6 Å². The van der Waals surface area contributed by atoms with Crippen LogP contribution in [0.2, 0.25) is 5.02 Å². The summed E-state index contributed by atoms with van der Waals surface area (Å²) in [6, 6.07) is 14.5. The average molecular weight is 309 g/mol. The number of rotatable bonds is 1. The van der Waals surface area contributed by atoms with Crippen LogP contribution >= 0.6 is 11.6 Å². The molecule has 1 fully saturated rings. The van der Waals surface area contributed by atoms with Crippen LogP contribution in [0.25, 0.3) is 0 Å². The van der Waals surface area contributed by atoms with Crippen molar-refractivity contribution < 1.29 is 0 Å². The molecule has 3 rings (SSSR count). The maximum Gasteiger partial charge on any atom is 0.0409 e. The quantitative estimate of drug-likeness (QED) is 0.559. The third-order valence-electron chi connectivity index (χ3n) is 4.45. The van der Waals surface area contributed by atoms with Crippen molar-refractivity contribution in [3.05, 3.63) is 69.7 Å². The number of hydrogen-bond acceptors (Lipinski definition) is 0. The second-order valence-electron chi connectivity index (χ2n) is 6.18. The summed E-state index contributed by atoms with van der Waals surface area (Å²) in [6.07, 6.45) is 6.53. The molecule has 0 unspecified atom stereocenters. The van der Waals surface area contributed by atoms with E-state index in [1.165, 1.54) is 43.2 Å². The summed E-state index contributed by atoms with van der Waals surface area (Å²) < 4.78 is 0. The van der Waals surface area contributed by atoms with Crippen molar-refractivity contribution in [3.63, 3.8) is 0 Å². The van der Waals surface area contributed by atoms with Crippen LogP contribution < -0.4 is 0 Å². The van der Waals surface area contributed by atoms with E-state index in [1.54, 1.807) is 0 Å². The van der Waals surface area contributed by atoms with Crippen molar-refractivity contribution in [2.75, 3.05) is 0 Å². The lowest BCUT2D eigenvalue weighted by molar-refractivity contribution is 0.443. The van der Waals surface area contributed by atoms with E-state index in [4.69, 9.17) is 11.6 Å². The number of halogens is 1. The summed E-state index contributed by atoms with van der Waals surface area (Å²) in [7, 11) is 0. The first-order chi connectivity index (χ1) is 10.7. The average Bonchev–Trinajstić information content (AvgIpc) is 2.56. The fourth-order valence-electron chi connectivity index (χ4n) is 3.18. The summed E-state index contributed by atoms with van der Waals surface area (Å²) in [4.78, 5) is 0. The normalized spacial score (nSPS) is 15.2. The zero-order chi connectivity index (χ0) is 15.4. The third kappa shape index (κ3) is 3.73. The molecule has 2 aromatic rings. The van der Waals surface area contributed by atoms with Crippen molar-refractivity contribution in [3.8, 4) is 11.8 Å². The van der Waals surface area contributed by atoms with Gasteiger partial charge in [-0.15, -0.1) is 0 Å². The Kier molecular flexibility index (Phi) is 4.86. The summed E-state index contributed by atoms with van der Waals surface area (Å²) in [6.45, 7) is 2.09. The van der Waals surface area contributed by atoms with Gasteiger partial charge in [-0.3, -0.25) is 0 Å². The molecule has 0 amide bonds. The molecule has 0 spiro atoms. The van der Waals surface area contributed by atoms with Crippen molar-refractivity contribution in [1.82, 2.24) is 0 Å². The molecule has 0 heterocycles. The van der Waals surface area contributed by atoms with Crippen LogP contribution in [0.15, 0.2) is 42.5 Å². The van der Waals surface area contributed by atoms with Gasteiger partial charge in [0.25, 0.3) is 0 Å². The van der Waals surface area contributed by atoms with E-state index in [9.17, 15) is 0 Å².